The molecule has 4 nitrogen and oxygen atoms in total. The van der Waals surface area contributed by atoms with Gasteiger partial charge in [-0.3, -0.25) is 4.79 Å². The maximum absolute atomic E-state index is 11.4. The Balaban J connectivity index is 3.03. The second-order valence-corrected chi connectivity index (χ2v) is 6.30. The van der Waals surface area contributed by atoms with Crippen molar-refractivity contribution in [3.8, 4) is 0 Å². The highest BCUT2D eigenvalue weighted by Gasteiger charge is 2.05. The number of aromatic nitrogens is 1. The van der Waals surface area contributed by atoms with Crippen LogP contribution in [-0.2, 0) is 9.73 Å². The van der Waals surface area contributed by atoms with E-state index < -0.39 is 15.6 Å². The van der Waals surface area contributed by atoms with Crippen molar-refractivity contribution in [1.82, 2.24) is 4.98 Å². The van der Waals surface area contributed by atoms with Crippen LogP contribution in [0.2, 0.25) is 0 Å². The van der Waals surface area contributed by atoms with E-state index in [1.165, 1.54) is 18.7 Å². The zero-order valence-corrected chi connectivity index (χ0v) is 10.1. The lowest BCUT2D eigenvalue weighted by Crippen LogP contribution is -2.01. The Hall–Kier alpha value is -0.750. The Bertz CT molecular complexity index is 453. The minimum Gasteiger partial charge on any atom is -0.266 e. The van der Waals surface area contributed by atoms with E-state index in [0.717, 1.165) is 0 Å². The van der Waals surface area contributed by atoms with Crippen molar-refractivity contribution in [3.63, 3.8) is 0 Å². The average Bonchev–Trinajstić information content (AvgIpc) is 2.02. The number of rotatable bonds is 1. The van der Waals surface area contributed by atoms with Crippen molar-refractivity contribution in [3.05, 3.63) is 28.5 Å². The molecule has 0 aliphatic carbocycles. The fraction of sp³-hybridized carbons (Fsp3) is 0.250. The third kappa shape index (κ3) is 3.55. The Morgan fingerprint density at radius 3 is 2.57 bits per heavy atom. The van der Waals surface area contributed by atoms with Gasteiger partial charge in [0.2, 0.25) is 0 Å². The standard InChI is InChI=1S/C8H9BrN2O2S/c1-14(2,13)11-8(12)6-3-4-7(9)10-5-6/h3-5H,1-2H3. The molecule has 0 atom stereocenters. The first-order valence-corrected chi connectivity index (χ1v) is 6.84. The molecule has 0 unspecified atom stereocenters. The van der Waals surface area contributed by atoms with Crippen LogP contribution in [0.3, 0.4) is 0 Å². The summed E-state index contributed by atoms with van der Waals surface area (Å²) < 4.78 is 15.4. The van der Waals surface area contributed by atoms with E-state index in [4.69, 9.17) is 0 Å². The molecule has 14 heavy (non-hydrogen) atoms. The van der Waals surface area contributed by atoms with Gasteiger partial charge in [-0.1, -0.05) is 0 Å². The summed E-state index contributed by atoms with van der Waals surface area (Å²) in [4.78, 5) is 15.2. The Kier molecular flexibility index (Phi) is 3.38. The quantitative estimate of drug-likeness (QED) is 0.734. The molecule has 1 rings (SSSR count). The van der Waals surface area contributed by atoms with Crippen molar-refractivity contribution in [2.24, 2.45) is 4.36 Å². The lowest BCUT2D eigenvalue weighted by Gasteiger charge is -1.96. The molecule has 0 radical (unpaired) electrons. The molecule has 0 aliphatic heterocycles. The Morgan fingerprint density at radius 1 is 1.50 bits per heavy atom. The molecule has 0 N–H and O–H groups in total. The van der Waals surface area contributed by atoms with Crippen LogP contribution in [0.1, 0.15) is 10.4 Å². The summed E-state index contributed by atoms with van der Waals surface area (Å²) >= 11 is 3.15. The number of hydrogen-bond acceptors (Lipinski definition) is 3. The van der Waals surface area contributed by atoms with Crippen molar-refractivity contribution in [1.29, 1.82) is 0 Å². The number of amides is 1. The monoisotopic (exact) mass is 276 g/mol. The largest absolute Gasteiger partial charge is 0.286 e. The summed E-state index contributed by atoms with van der Waals surface area (Å²) in [5.74, 6) is -0.500. The molecule has 0 aromatic carbocycles. The van der Waals surface area contributed by atoms with Gasteiger partial charge in [-0.25, -0.2) is 9.19 Å². The number of carbonyl (C=O) groups is 1. The summed E-state index contributed by atoms with van der Waals surface area (Å²) in [6.45, 7) is 0. The van der Waals surface area contributed by atoms with Crippen LogP contribution in [0.15, 0.2) is 27.3 Å². The van der Waals surface area contributed by atoms with Gasteiger partial charge in [-0.2, -0.15) is 4.36 Å². The zero-order valence-electron chi connectivity index (χ0n) is 7.73. The lowest BCUT2D eigenvalue weighted by atomic mass is 10.3. The summed E-state index contributed by atoms with van der Waals surface area (Å²) in [5.41, 5.74) is 0.338. The second-order valence-electron chi connectivity index (χ2n) is 2.95. The van der Waals surface area contributed by atoms with Crippen molar-refractivity contribution >= 4 is 31.6 Å². The summed E-state index contributed by atoms with van der Waals surface area (Å²) in [6.07, 6.45) is 4.22. The fourth-order valence-corrected chi connectivity index (χ4v) is 1.49. The van der Waals surface area contributed by atoms with Gasteiger partial charge in [-0.15, -0.1) is 0 Å². The van der Waals surface area contributed by atoms with Crippen LogP contribution >= 0.6 is 15.9 Å². The Morgan fingerprint density at radius 2 is 2.14 bits per heavy atom. The molecule has 0 fully saturated rings. The first kappa shape index (κ1) is 11.3. The van der Waals surface area contributed by atoms with E-state index in [1.807, 2.05) is 0 Å². The number of carbonyl (C=O) groups excluding carboxylic acids is 1. The minimum absolute atomic E-state index is 0.338. The maximum atomic E-state index is 11.4. The first-order valence-electron chi connectivity index (χ1n) is 3.71. The van der Waals surface area contributed by atoms with Crippen molar-refractivity contribution in [2.45, 2.75) is 0 Å². The van der Waals surface area contributed by atoms with E-state index >= 15 is 0 Å². The lowest BCUT2D eigenvalue weighted by molar-refractivity contribution is 0.100. The molecular formula is C8H9BrN2O2S. The van der Waals surface area contributed by atoms with E-state index in [2.05, 4.69) is 25.3 Å². The van der Waals surface area contributed by atoms with Crippen LogP contribution in [-0.4, -0.2) is 27.6 Å². The molecule has 0 bridgehead atoms. The van der Waals surface area contributed by atoms with Crippen LogP contribution in [0, 0.1) is 0 Å². The summed E-state index contributed by atoms with van der Waals surface area (Å²) in [7, 11) is -2.40. The molecule has 1 aromatic heterocycles. The second kappa shape index (κ2) is 4.18. The predicted octanol–water partition coefficient (Wildman–Crippen LogP) is 1.71. The molecule has 0 aliphatic rings. The zero-order chi connectivity index (χ0) is 10.8. The number of hydrogen-bond donors (Lipinski definition) is 0. The smallest absolute Gasteiger partial charge is 0.266 e. The minimum atomic E-state index is -2.40. The third-order valence-corrected chi connectivity index (χ3v) is 2.35. The molecule has 1 aromatic rings. The van der Waals surface area contributed by atoms with E-state index in [0.29, 0.717) is 10.2 Å². The highest BCUT2D eigenvalue weighted by Crippen LogP contribution is 2.07. The molecule has 0 spiro atoms. The van der Waals surface area contributed by atoms with Gasteiger partial charge in [-0.05, 0) is 28.1 Å². The fourth-order valence-electron chi connectivity index (χ4n) is 0.755. The first-order chi connectivity index (χ1) is 6.38. The highest BCUT2D eigenvalue weighted by molar-refractivity contribution is 9.10. The highest BCUT2D eigenvalue weighted by atomic mass is 79.9. The van der Waals surface area contributed by atoms with Gasteiger partial charge >= 0.3 is 0 Å². The molecule has 76 valence electrons. The predicted molar refractivity (Wildman–Crippen MR) is 58.7 cm³/mol. The van der Waals surface area contributed by atoms with Gasteiger partial charge in [0.25, 0.3) is 5.91 Å². The third-order valence-electron chi connectivity index (χ3n) is 1.28. The summed E-state index contributed by atoms with van der Waals surface area (Å²) in [5, 5.41) is 0. The van der Waals surface area contributed by atoms with Gasteiger partial charge in [0.05, 0.1) is 5.56 Å². The molecule has 1 heterocycles. The van der Waals surface area contributed by atoms with E-state index in [9.17, 15) is 9.00 Å². The normalized spacial score (nSPS) is 11.1. The summed E-state index contributed by atoms with van der Waals surface area (Å²) in [6, 6.07) is 3.21. The molecule has 0 saturated heterocycles. The average molecular weight is 277 g/mol. The topological polar surface area (TPSA) is 59.4 Å². The van der Waals surface area contributed by atoms with Gasteiger partial charge in [0.1, 0.15) is 4.60 Å². The van der Waals surface area contributed by atoms with Gasteiger partial charge in [0, 0.05) is 28.4 Å². The molecule has 0 saturated carbocycles. The van der Waals surface area contributed by atoms with Gasteiger partial charge in [0.15, 0.2) is 0 Å². The van der Waals surface area contributed by atoms with Crippen LogP contribution in [0.4, 0.5) is 0 Å². The van der Waals surface area contributed by atoms with E-state index in [1.54, 1.807) is 12.1 Å². The molecule has 6 heteroatoms. The maximum Gasteiger partial charge on any atom is 0.286 e. The van der Waals surface area contributed by atoms with Crippen LogP contribution in [0.5, 0.6) is 0 Å². The van der Waals surface area contributed by atoms with Gasteiger partial charge < -0.3 is 0 Å². The van der Waals surface area contributed by atoms with Crippen molar-refractivity contribution in [2.75, 3.05) is 12.5 Å². The van der Waals surface area contributed by atoms with Crippen LogP contribution in [0.25, 0.3) is 0 Å². The SMILES string of the molecule is CS(C)(=O)=NC(=O)c1ccc(Br)nc1. The van der Waals surface area contributed by atoms with Crippen LogP contribution < -0.4 is 0 Å². The van der Waals surface area contributed by atoms with E-state index in [-0.39, 0.29) is 0 Å². The van der Waals surface area contributed by atoms with Crippen molar-refractivity contribution < 1.29 is 9.00 Å². The number of nitrogens with zero attached hydrogens (tertiary/aromatic N) is 2. The molecular weight excluding hydrogens is 268 g/mol. The number of halogens is 1. The molecule has 1 amide bonds. The Labute approximate surface area is 91.1 Å². The number of pyridine rings is 1.